The summed E-state index contributed by atoms with van der Waals surface area (Å²) in [4.78, 5) is 25.9. The Bertz CT molecular complexity index is 763. The number of anilines is 1. The van der Waals surface area contributed by atoms with E-state index in [9.17, 15) is 4.79 Å². The van der Waals surface area contributed by atoms with Crippen LogP contribution in [0.1, 0.15) is 29.0 Å². The van der Waals surface area contributed by atoms with Gasteiger partial charge in [0.1, 0.15) is 5.76 Å². The summed E-state index contributed by atoms with van der Waals surface area (Å²) in [6, 6.07) is 3.58. The first-order valence-electron chi connectivity index (χ1n) is 9.10. The van der Waals surface area contributed by atoms with E-state index in [2.05, 4.69) is 14.9 Å². The highest BCUT2D eigenvalue weighted by atomic mass is 16.5. The lowest BCUT2D eigenvalue weighted by molar-refractivity contribution is 0.0134. The monoisotopic (exact) mass is 356 g/mol. The zero-order chi connectivity index (χ0) is 18.0. The van der Waals surface area contributed by atoms with Crippen LogP contribution >= 0.6 is 0 Å². The van der Waals surface area contributed by atoms with Crippen molar-refractivity contribution in [3.63, 3.8) is 0 Å². The van der Waals surface area contributed by atoms with E-state index in [-0.39, 0.29) is 11.3 Å². The molecular weight excluding hydrogens is 332 g/mol. The maximum Gasteiger partial charge on any atom is 0.257 e. The molecule has 0 N–H and O–H groups in total. The molecule has 7 heteroatoms. The van der Waals surface area contributed by atoms with Crippen molar-refractivity contribution in [3.8, 4) is 0 Å². The summed E-state index contributed by atoms with van der Waals surface area (Å²) in [5, 5.41) is 0. The van der Waals surface area contributed by atoms with Crippen LogP contribution in [0.15, 0.2) is 35.2 Å². The van der Waals surface area contributed by atoms with Gasteiger partial charge in [-0.05, 0) is 31.9 Å². The van der Waals surface area contributed by atoms with E-state index in [1.807, 2.05) is 17.9 Å². The Kier molecular flexibility index (Phi) is 4.63. The number of aromatic nitrogens is 2. The normalized spacial score (nSPS) is 23.9. The summed E-state index contributed by atoms with van der Waals surface area (Å²) in [5.41, 5.74) is 0.557. The lowest BCUT2D eigenvalue weighted by Crippen LogP contribution is -2.52. The molecule has 0 bridgehead atoms. The first-order valence-corrected chi connectivity index (χ1v) is 9.10. The van der Waals surface area contributed by atoms with Crippen LogP contribution in [0.4, 0.5) is 5.95 Å². The van der Waals surface area contributed by atoms with Crippen molar-refractivity contribution in [2.45, 2.75) is 19.8 Å². The van der Waals surface area contributed by atoms with Gasteiger partial charge in [0, 0.05) is 44.0 Å². The van der Waals surface area contributed by atoms with E-state index in [4.69, 9.17) is 9.15 Å². The minimum Gasteiger partial charge on any atom is -0.469 e. The topological polar surface area (TPSA) is 71.7 Å². The molecule has 1 spiro atoms. The summed E-state index contributed by atoms with van der Waals surface area (Å²) < 4.78 is 11.2. The summed E-state index contributed by atoms with van der Waals surface area (Å²) >= 11 is 0. The second-order valence-corrected chi connectivity index (χ2v) is 7.24. The molecule has 138 valence electrons. The standard InChI is InChI=1S/C19H24N4O3/c1-15-16(4-10-26-15)17(24)22-8-2-5-19(12-22)13-23(9-11-25-14-19)18-20-6-3-7-21-18/h3-4,6-7,10H,2,5,8-9,11-14H2,1H3. The largest absolute Gasteiger partial charge is 0.469 e. The molecule has 26 heavy (non-hydrogen) atoms. The summed E-state index contributed by atoms with van der Waals surface area (Å²) in [5.74, 6) is 1.44. The Balaban J connectivity index is 1.54. The van der Waals surface area contributed by atoms with Gasteiger partial charge in [-0.3, -0.25) is 4.79 Å². The average molecular weight is 356 g/mol. The van der Waals surface area contributed by atoms with Crippen molar-refractivity contribution < 1.29 is 13.9 Å². The van der Waals surface area contributed by atoms with Crippen molar-refractivity contribution in [1.29, 1.82) is 0 Å². The molecule has 1 amide bonds. The lowest BCUT2D eigenvalue weighted by Gasteiger charge is -2.43. The van der Waals surface area contributed by atoms with Crippen LogP contribution in [-0.4, -0.2) is 60.2 Å². The highest BCUT2D eigenvalue weighted by Gasteiger charge is 2.41. The predicted molar refractivity (Wildman–Crippen MR) is 96.1 cm³/mol. The predicted octanol–water partition coefficient (Wildman–Crippen LogP) is 2.14. The van der Waals surface area contributed by atoms with Gasteiger partial charge in [0.2, 0.25) is 5.95 Å². The van der Waals surface area contributed by atoms with E-state index in [1.165, 1.54) is 0 Å². The van der Waals surface area contributed by atoms with Crippen LogP contribution < -0.4 is 4.90 Å². The maximum atomic E-state index is 12.9. The first kappa shape index (κ1) is 17.0. The Morgan fingerprint density at radius 1 is 1.23 bits per heavy atom. The van der Waals surface area contributed by atoms with Crippen LogP contribution in [0.25, 0.3) is 0 Å². The van der Waals surface area contributed by atoms with Gasteiger partial charge in [-0.1, -0.05) is 0 Å². The molecule has 2 aromatic rings. The number of nitrogens with zero attached hydrogens (tertiary/aromatic N) is 4. The molecule has 4 rings (SSSR count). The zero-order valence-corrected chi connectivity index (χ0v) is 15.1. The molecule has 2 aliphatic rings. The number of piperidine rings is 1. The molecule has 4 heterocycles. The number of hydrogen-bond donors (Lipinski definition) is 0. The van der Waals surface area contributed by atoms with Gasteiger partial charge in [0.25, 0.3) is 5.91 Å². The number of likely N-dealkylation sites (tertiary alicyclic amines) is 1. The van der Waals surface area contributed by atoms with E-state index < -0.39 is 0 Å². The minimum atomic E-state index is -0.0960. The molecule has 7 nitrogen and oxygen atoms in total. The molecule has 0 aliphatic carbocycles. The molecule has 0 radical (unpaired) electrons. The lowest BCUT2D eigenvalue weighted by atomic mass is 9.80. The van der Waals surface area contributed by atoms with Crippen LogP contribution in [0, 0.1) is 12.3 Å². The Morgan fingerprint density at radius 2 is 2.08 bits per heavy atom. The van der Waals surface area contributed by atoms with E-state index in [0.717, 1.165) is 38.4 Å². The SMILES string of the molecule is Cc1occc1C(=O)N1CCCC2(COCCN(c3ncccn3)C2)C1. The van der Waals surface area contributed by atoms with Gasteiger partial charge < -0.3 is 19.0 Å². The summed E-state index contributed by atoms with van der Waals surface area (Å²) in [6.07, 6.45) is 7.10. The summed E-state index contributed by atoms with van der Waals surface area (Å²) in [6.45, 7) is 6.15. The number of carbonyl (C=O) groups excluding carboxylic acids is 1. The first-order chi connectivity index (χ1) is 12.7. The van der Waals surface area contributed by atoms with Crippen molar-refractivity contribution in [1.82, 2.24) is 14.9 Å². The molecule has 1 unspecified atom stereocenters. The third-order valence-electron chi connectivity index (χ3n) is 5.31. The molecule has 2 fully saturated rings. The molecule has 2 saturated heterocycles. The van der Waals surface area contributed by atoms with E-state index in [0.29, 0.717) is 31.1 Å². The van der Waals surface area contributed by atoms with Gasteiger partial charge in [0.05, 0.1) is 25.0 Å². The van der Waals surface area contributed by atoms with Crippen LogP contribution in [-0.2, 0) is 4.74 Å². The van der Waals surface area contributed by atoms with Crippen LogP contribution in [0.3, 0.4) is 0 Å². The van der Waals surface area contributed by atoms with E-state index in [1.54, 1.807) is 24.7 Å². The fourth-order valence-corrected chi connectivity index (χ4v) is 4.02. The number of carbonyl (C=O) groups is 1. The van der Waals surface area contributed by atoms with Crippen LogP contribution in [0.2, 0.25) is 0 Å². The van der Waals surface area contributed by atoms with Gasteiger partial charge in [0.15, 0.2) is 0 Å². The number of rotatable bonds is 2. The summed E-state index contributed by atoms with van der Waals surface area (Å²) in [7, 11) is 0. The van der Waals surface area contributed by atoms with Crippen molar-refractivity contribution in [3.05, 3.63) is 42.1 Å². The fourth-order valence-electron chi connectivity index (χ4n) is 4.02. The Labute approximate surface area is 153 Å². The quantitative estimate of drug-likeness (QED) is 0.821. The molecule has 0 aromatic carbocycles. The number of hydrogen-bond acceptors (Lipinski definition) is 6. The molecule has 2 aliphatic heterocycles. The second kappa shape index (κ2) is 7.07. The van der Waals surface area contributed by atoms with Crippen molar-refractivity contribution in [2.24, 2.45) is 5.41 Å². The third-order valence-corrected chi connectivity index (χ3v) is 5.31. The molecule has 1 atom stereocenters. The van der Waals surface area contributed by atoms with Gasteiger partial charge in [-0.2, -0.15) is 0 Å². The van der Waals surface area contributed by atoms with Gasteiger partial charge in [-0.15, -0.1) is 0 Å². The number of ether oxygens (including phenoxy) is 1. The Hall–Kier alpha value is -2.41. The molecule has 0 saturated carbocycles. The van der Waals surface area contributed by atoms with Crippen molar-refractivity contribution in [2.75, 3.05) is 44.3 Å². The van der Waals surface area contributed by atoms with Gasteiger partial charge in [-0.25, -0.2) is 9.97 Å². The van der Waals surface area contributed by atoms with E-state index >= 15 is 0 Å². The highest BCUT2D eigenvalue weighted by Crippen LogP contribution is 2.34. The number of amides is 1. The maximum absolute atomic E-state index is 12.9. The second-order valence-electron chi connectivity index (χ2n) is 7.24. The Morgan fingerprint density at radius 3 is 2.85 bits per heavy atom. The third kappa shape index (κ3) is 3.31. The van der Waals surface area contributed by atoms with Crippen LogP contribution in [0.5, 0.6) is 0 Å². The number of furan rings is 1. The highest BCUT2D eigenvalue weighted by molar-refractivity contribution is 5.95. The number of aryl methyl sites for hydroxylation is 1. The molecular formula is C19H24N4O3. The smallest absolute Gasteiger partial charge is 0.257 e. The van der Waals surface area contributed by atoms with Gasteiger partial charge >= 0.3 is 0 Å². The zero-order valence-electron chi connectivity index (χ0n) is 15.1. The fraction of sp³-hybridized carbons (Fsp3) is 0.526. The average Bonchev–Trinajstić information content (AvgIpc) is 3.00. The molecule has 2 aromatic heterocycles. The van der Waals surface area contributed by atoms with Crippen molar-refractivity contribution >= 4 is 11.9 Å². The minimum absolute atomic E-state index is 0.0436.